The Morgan fingerprint density at radius 1 is 1.44 bits per heavy atom. The molecule has 4 nitrogen and oxygen atoms in total. The summed E-state index contributed by atoms with van der Waals surface area (Å²) in [6.45, 7) is 0.248. The van der Waals surface area contributed by atoms with Crippen LogP contribution in [0.5, 0.6) is 0 Å². The molecule has 0 spiro atoms. The lowest BCUT2D eigenvalue weighted by atomic mass is 9.97. The molecule has 1 aromatic carbocycles. The first-order valence-corrected chi connectivity index (χ1v) is 5.16. The maximum Gasteiger partial charge on any atom is 0.314 e. The van der Waals surface area contributed by atoms with Gasteiger partial charge in [-0.1, -0.05) is 18.2 Å². The number of hydrogen-bond donors (Lipinski definition) is 1. The van der Waals surface area contributed by atoms with Gasteiger partial charge in [-0.3, -0.25) is 4.79 Å². The summed E-state index contributed by atoms with van der Waals surface area (Å²) in [7, 11) is 5.25. The third kappa shape index (κ3) is 2.52. The quantitative estimate of drug-likeness (QED) is 0.771. The number of carbonyl (C=O) groups excluding carboxylic acids is 1. The molecule has 0 aromatic heterocycles. The molecule has 1 rings (SSSR count). The van der Waals surface area contributed by atoms with Crippen molar-refractivity contribution in [2.24, 2.45) is 5.73 Å². The van der Waals surface area contributed by atoms with Crippen molar-refractivity contribution in [1.82, 2.24) is 0 Å². The summed E-state index contributed by atoms with van der Waals surface area (Å²) in [5.41, 5.74) is 7.52. The van der Waals surface area contributed by atoms with E-state index in [4.69, 9.17) is 10.5 Å². The molecule has 88 valence electrons. The molecule has 1 atom stereocenters. The highest BCUT2D eigenvalue weighted by Gasteiger charge is 2.22. The number of carbonyl (C=O) groups is 1. The number of ether oxygens (including phenoxy) is 1. The molecule has 0 heterocycles. The van der Waals surface area contributed by atoms with E-state index in [1.165, 1.54) is 7.11 Å². The molecule has 2 N–H and O–H groups in total. The van der Waals surface area contributed by atoms with E-state index in [0.29, 0.717) is 0 Å². The molecule has 0 aliphatic heterocycles. The van der Waals surface area contributed by atoms with Gasteiger partial charge in [0.05, 0.1) is 13.0 Å². The fourth-order valence-corrected chi connectivity index (χ4v) is 1.68. The smallest absolute Gasteiger partial charge is 0.314 e. The first-order chi connectivity index (χ1) is 7.61. The van der Waals surface area contributed by atoms with Crippen molar-refractivity contribution in [3.8, 4) is 0 Å². The van der Waals surface area contributed by atoms with Crippen molar-refractivity contribution in [3.05, 3.63) is 29.8 Å². The van der Waals surface area contributed by atoms with Crippen molar-refractivity contribution in [3.63, 3.8) is 0 Å². The Bertz CT molecular complexity index is 364. The second kappa shape index (κ2) is 5.51. The lowest BCUT2D eigenvalue weighted by molar-refractivity contribution is -0.142. The van der Waals surface area contributed by atoms with E-state index in [0.717, 1.165) is 11.3 Å². The topological polar surface area (TPSA) is 55.6 Å². The molecule has 0 aliphatic rings. The highest BCUT2D eigenvalue weighted by molar-refractivity contribution is 5.81. The van der Waals surface area contributed by atoms with Crippen LogP contribution >= 0.6 is 0 Å². The number of benzene rings is 1. The molecule has 0 fully saturated rings. The van der Waals surface area contributed by atoms with Gasteiger partial charge >= 0.3 is 5.97 Å². The second-order valence-electron chi connectivity index (χ2n) is 3.76. The number of nitrogens with two attached hydrogens (primary N) is 1. The van der Waals surface area contributed by atoms with Crippen LogP contribution in [-0.2, 0) is 9.53 Å². The van der Waals surface area contributed by atoms with Gasteiger partial charge in [0.15, 0.2) is 0 Å². The van der Waals surface area contributed by atoms with Crippen LogP contribution in [0.1, 0.15) is 11.5 Å². The van der Waals surface area contributed by atoms with Crippen molar-refractivity contribution in [1.29, 1.82) is 0 Å². The van der Waals surface area contributed by atoms with E-state index in [1.54, 1.807) is 0 Å². The van der Waals surface area contributed by atoms with Gasteiger partial charge in [0.1, 0.15) is 0 Å². The molecule has 16 heavy (non-hydrogen) atoms. The van der Waals surface area contributed by atoms with Gasteiger partial charge in [0, 0.05) is 26.3 Å². The van der Waals surface area contributed by atoms with Crippen LogP contribution in [0.4, 0.5) is 5.69 Å². The Kier molecular flexibility index (Phi) is 4.31. The van der Waals surface area contributed by atoms with Gasteiger partial charge < -0.3 is 15.4 Å². The zero-order chi connectivity index (χ0) is 12.1. The van der Waals surface area contributed by atoms with E-state index in [1.807, 2.05) is 43.3 Å². The zero-order valence-electron chi connectivity index (χ0n) is 9.93. The number of rotatable bonds is 4. The molecule has 0 bridgehead atoms. The number of esters is 1. The molecular weight excluding hydrogens is 204 g/mol. The van der Waals surface area contributed by atoms with Gasteiger partial charge in [-0.2, -0.15) is 0 Å². The third-order valence-electron chi connectivity index (χ3n) is 2.52. The molecule has 0 radical (unpaired) electrons. The Morgan fingerprint density at radius 3 is 2.56 bits per heavy atom. The van der Waals surface area contributed by atoms with Gasteiger partial charge in [0.25, 0.3) is 0 Å². The van der Waals surface area contributed by atoms with Crippen LogP contribution in [0.3, 0.4) is 0 Å². The SMILES string of the molecule is COC(=O)C(CN)c1ccccc1N(C)C. The van der Waals surface area contributed by atoms with E-state index in [-0.39, 0.29) is 12.5 Å². The van der Waals surface area contributed by atoms with Gasteiger partial charge in [0.2, 0.25) is 0 Å². The largest absolute Gasteiger partial charge is 0.469 e. The third-order valence-corrected chi connectivity index (χ3v) is 2.52. The minimum absolute atomic E-state index is 0.248. The minimum atomic E-state index is -0.399. The standard InChI is InChI=1S/C12H18N2O2/c1-14(2)11-7-5-4-6-9(11)10(8-13)12(15)16-3/h4-7,10H,8,13H2,1-3H3. The highest BCUT2D eigenvalue weighted by Crippen LogP contribution is 2.26. The summed E-state index contributed by atoms with van der Waals surface area (Å²) in [6.07, 6.45) is 0. The predicted molar refractivity (Wildman–Crippen MR) is 64.6 cm³/mol. The fourth-order valence-electron chi connectivity index (χ4n) is 1.68. The number of para-hydroxylation sites is 1. The zero-order valence-corrected chi connectivity index (χ0v) is 9.93. The first-order valence-electron chi connectivity index (χ1n) is 5.16. The maximum absolute atomic E-state index is 11.6. The summed E-state index contributed by atoms with van der Waals surface area (Å²) < 4.78 is 4.75. The molecule has 0 aliphatic carbocycles. The Morgan fingerprint density at radius 2 is 2.06 bits per heavy atom. The van der Waals surface area contributed by atoms with Crippen LogP contribution in [0, 0.1) is 0 Å². The molecule has 1 unspecified atom stereocenters. The Hall–Kier alpha value is -1.55. The van der Waals surface area contributed by atoms with Crippen LogP contribution in [0.25, 0.3) is 0 Å². The van der Waals surface area contributed by atoms with Crippen LogP contribution in [0.15, 0.2) is 24.3 Å². The summed E-state index contributed by atoms with van der Waals surface area (Å²) in [6, 6.07) is 7.70. The number of hydrogen-bond acceptors (Lipinski definition) is 4. The predicted octanol–water partition coefficient (Wildman–Crippen LogP) is 0.968. The normalized spacial score (nSPS) is 12.0. The molecule has 0 saturated heterocycles. The highest BCUT2D eigenvalue weighted by atomic mass is 16.5. The van der Waals surface area contributed by atoms with Crippen LogP contribution in [0.2, 0.25) is 0 Å². The van der Waals surface area contributed by atoms with E-state index in [9.17, 15) is 4.79 Å². The fraction of sp³-hybridized carbons (Fsp3) is 0.417. The van der Waals surface area contributed by atoms with Gasteiger partial charge in [-0.05, 0) is 11.6 Å². The average Bonchev–Trinajstić information content (AvgIpc) is 2.30. The van der Waals surface area contributed by atoms with E-state index in [2.05, 4.69) is 0 Å². The summed E-state index contributed by atoms with van der Waals surface area (Å²) >= 11 is 0. The second-order valence-corrected chi connectivity index (χ2v) is 3.76. The lowest BCUT2D eigenvalue weighted by Gasteiger charge is -2.21. The number of nitrogens with zero attached hydrogens (tertiary/aromatic N) is 1. The maximum atomic E-state index is 11.6. The monoisotopic (exact) mass is 222 g/mol. The van der Waals surface area contributed by atoms with Crippen LogP contribution in [-0.4, -0.2) is 33.7 Å². The Balaban J connectivity index is 3.14. The number of methoxy groups -OCH3 is 1. The minimum Gasteiger partial charge on any atom is -0.469 e. The van der Waals surface area contributed by atoms with Gasteiger partial charge in [-0.25, -0.2) is 0 Å². The molecule has 1 aromatic rings. The van der Waals surface area contributed by atoms with Crippen molar-refractivity contribution >= 4 is 11.7 Å². The van der Waals surface area contributed by atoms with Crippen molar-refractivity contribution in [2.75, 3.05) is 32.6 Å². The van der Waals surface area contributed by atoms with E-state index >= 15 is 0 Å². The molecular formula is C12H18N2O2. The average molecular weight is 222 g/mol. The van der Waals surface area contributed by atoms with E-state index < -0.39 is 5.92 Å². The first kappa shape index (κ1) is 12.5. The van der Waals surface area contributed by atoms with Crippen molar-refractivity contribution < 1.29 is 9.53 Å². The molecule has 0 amide bonds. The number of anilines is 1. The van der Waals surface area contributed by atoms with Crippen LogP contribution < -0.4 is 10.6 Å². The lowest BCUT2D eigenvalue weighted by Crippen LogP contribution is -2.25. The van der Waals surface area contributed by atoms with Gasteiger partial charge in [-0.15, -0.1) is 0 Å². The summed E-state index contributed by atoms with van der Waals surface area (Å²) in [5, 5.41) is 0. The molecule has 0 saturated carbocycles. The Labute approximate surface area is 96.0 Å². The molecule has 4 heteroatoms. The summed E-state index contributed by atoms with van der Waals surface area (Å²) in [4.78, 5) is 13.6. The van der Waals surface area contributed by atoms with Crippen molar-refractivity contribution in [2.45, 2.75) is 5.92 Å². The summed E-state index contributed by atoms with van der Waals surface area (Å²) in [5.74, 6) is -0.694.